The Balaban J connectivity index is 2.31. The number of nitrogens with one attached hydrogen (secondary N) is 1. The van der Waals surface area contributed by atoms with Crippen molar-refractivity contribution >= 4 is 16.3 Å². The van der Waals surface area contributed by atoms with Crippen molar-refractivity contribution < 1.29 is 51.8 Å². The van der Waals surface area contributed by atoms with Crippen LogP contribution in [0, 0.1) is 0 Å². The van der Waals surface area contributed by atoms with E-state index in [1.807, 2.05) is 6.08 Å². The summed E-state index contributed by atoms with van der Waals surface area (Å²) in [6, 6.07) is -0.947. The number of hydrogen-bond acceptors (Lipinski definition) is 10. The number of hydrogen-bond donors (Lipinski definition) is 6. The van der Waals surface area contributed by atoms with Crippen molar-refractivity contribution in [2.45, 2.75) is 358 Å². The summed E-state index contributed by atoms with van der Waals surface area (Å²) in [6.07, 6.45) is 62.0. The third kappa shape index (κ3) is 45.9. The Kier molecular flexibility index (Phi) is 52.0. The minimum atomic E-state index is -5.09. The van der Waals surface area contributed by atoms with E-state index >= 15 is 0 Å². The van der Waals surface area contributed by atoms with E-state index in [2.05, 4.69) is 47.7 Å². The molecule has 78 heavy (non-hydrogen) atoms. The van der Waals surface area contributed by atoms with Gasteiger partial charge in [-0.1, -0.05) is 294 Å². The molecule has 0 spiro atoms. The SMILES string of the molecule is CCCCCCCCCCC/C=C\C/C=C\CCCCCCCCCCCCCC(=O)NC(COC1OC(CO)C(O)C(OS(=O)(=O)O)C1O)C(O)/C=C/CCCCCCCCCCCCCCCCCCCCCCCC. The van der Waals surface area contributed by atoms with Crippen LogP contribution in [0.2, 0.25) is 0 Å². The third-order valence-electron chi connectivity index (χ3n) is 15.7. The Morgan fingerprint density at radius 2 is 0.859 bits per heavy atom. The molecule has 7 unspecified atom stereocenters. The molecule has 13 heteroatoms. The smallest absolute Gasteiger partial charge is 0.394 e. The molecule has 0 saturated carbocycles. The van der Waals surface area contributed by atoms with Crippen LogP contribution in [0.1, 0.15) is 316 Å². The summed E-state index contributed by atoms with van der Waals surface area (Å²) in [5.74, 6) is -0.260. The van der Waals surface area contributed by atoms with Crippen LogP contribution in [-0.2, 0) is 28.9 Å². The number of aliphatic hydroxyl groups excluding tert-OH is 4. The second-order valence-electron chi connectivity index (χ2n) is 23.1. The molecule has 1 saturated heterocycles. The summed E-state index contributed by atoms with van der Waals surface area (Å²) in [6.45, 7) is 3.45. The summed E-state index contributed by atoms with van der Waals surface area (Å²) in [5, 5.41) is 45.1. The van der Waals surface area contributed by atoms with Crippen molar-refractivity contribution in [3.63, 3.8) is 0 Å². The highest BCUT2D eigenvalue weighted by Crippen LogP contribution is 2.26. The first-order chi connectivity index (χ1) is 38.0. The standard InChI is InChI=1S/C65H123NO11S/c1-3-5-7-9-11-13-15-17-19-21-23-25-27-29-30-31-33-35-37-39-41-43-45-47-49-51-53-55-61(69)66-58(57-75-65-63(71)64(77-78(72,73)74)62(70)60(56-67)76-65)59(68)54-52-50-48-46-44-42-40-38-36-34-32-28-26-24-22-20-18-16-14-12-10-8-6-4-2/h23,25,29-30,52,54,58-60,62-65,67-68,70-71H,3-22,24,26-28,31-51,53,55-57H2,1-2H3,(H,66,69)(H,72,73,74)/b25-23-,30-29-,54-52+. The van der Waals surface area contributed by atoms with Crippen LogP contribution >= 0.6 is 0 Å². The largest absolute Gasteiger partial charge is 0.397 e. The second-order valence-corrected chi connectivity index (χ2v) is 24.1. The van der Waals surface area contributed by atoms with Gasteiger partial charge in [0.05, 0.1) is 25.4 Å². The maximum atomic E-state index is 13.2. The zero-order valence-corrected chi connectivity index (χ0v) is 51.1. The maximum absolute atomic E-state index is 13.2. The van der Waals surface area contributed by atoms with Gasteiger partial charge in [-0.3, -0.25) is 9.35 Å². The summed E-state index contributed by atoms with van der Waals surface area (Å²) in [7, 11) is -5.09. The highest BCUT2D eigenvalue weighted by atomic mass is 32.3. The van der Waals surface area contributed by atoms with E-state index in [1.54, 1.807) is 6.08 Å². The van der Waals surface area contributed by atoms with Crippen molar-refractivity contribution in [2.75, 3.05) is 13.2 Å². The third-order valence-corrected chi connectivity index (χ3v) is 16.1. The molecule has 0 aromatic carbocycles. The Hall–Kier alpha value is -1.68. The lowest BCUT2D eigenvalue weighted by molar-refractivity contribution is -0.298. The normalized spacial score (nSPS) is 19.0. The lowest BCUT2D eigenvalue weighted by Gasteiger charge is -2.41. The molecule has 1 heterocycles. The van der Waals surface area contributed by atoms with E-state index in [-0.39, 0.29) is 18.9 Å². The van der Waals surface area contributed by atoms with Gasteiger partial charge in [0, 0.05) is 6.42 Å². The van der Waals surface area contributed by atoms with Gasteiger partial charge in [-0.15, -0.1) is 0 Å². The first kappa shape index (κ1) is 74.3. The molecule has 7 atom stereocenters. The molecular formula is C65H123NO11S. The molecule has 0 bridgehead atoms. The Morgan fingerprint density at radius 1 is 0.513 bits per heavy atom. The van der Waals surface area contributed by atoms with E-state index < -0.39 is 59.9 Å². The van der Waals surface area contributed by atoms with Gasteiger partial charge < -0.3 is 35.2 Å². The van der Waals surface area contributed by atoms with Gasteiger partial charge in [0.1, 0.15) is 24.4 Å². The van der Waals surface area contributed by atoms with Crippen LogP contribution in [-0.4, -0.2) is 95.4 Å². The number of ether oxygens (including phenoxy) is 2. The van der Waals surface area contributed by atoms with Gasteiger partial charge >= 0.3 is 10.4 Å². The molecule has 12 nitrogen and oxygen atoms in total. The zero-order valence-electron chi connectivity index (χ0n) is 50.2. The van der Waals surface area contributed by atoms with Crippen LogP contribution in [0.5, 0.6) is 0 Å². The lowest BCUT2D eigenvalue weighted by atomic mass is 9.99. The number of unbranched alkanes of at least 4 members (excludes halogenated alkanes) is 42. The van der Waals surface area contributed by atoms with Crippen LogP contribution < -0.4 is 5.32 Å². The minimum Gasteiger partial charge on any atom is -0.394 e. The number of carbonyl (C=O) groups is 1. The Bertz CT molecular complexity index is 1510. The van der Waals surface area contributed by atoms with Crippen molar-refractivity contribution in [3.8, 4) is 0 Å². The predicted molar refractivity (Wildman–Crippen MR) is 324 cm³/mol. The fraction of sp³-hybridized carbons (Fsp3) is 0.892. The van der Waals surface area contributed by atoms with Gasteiger partial charge in [-0.2, -0.15) is 8.42 Å². The van der Waals surface area contributed by atoms with Gasteiger partial charge in [-0.25, -0.2) is 4.18 Å². The first-order valence-electron chi connectivity index (χ1n) is 32.9. The molecule has 460 valence electrons. The minimum absolute atomic E-state index is 0.260. The topological polar surface area (TPSA) is 192 Å². The maximum Gasteiger partial charge on any atom is 0.397 e. The molecular weight excluding hydrogens is 1000 g/mol. The number of rotatable bonds is 58. The molecule has 1 rings (SSSR count). The zero-order chi connectivity index (χ0) is 56.8. The molecule has 1 fully saturated rings. The lowest BCUT2D eigenvalue weighted by Crippen LogP contribution is -2.61. The average molecular weight is 1130 g/mol. The van der Waals surface area contributed by atoms with E-state index in [9.17, 15) is 38.2 Å². The van der Waals surface area contributed by atoms with Crippen molar-refractivity contribution in [2.24, 2.45) is 0 Å². The van der Waals surface area contributed by atoms with Crippen molar-refractivity contribution in [1.82, 2.24) is 5.32 Å². The van der Waals surface area contributed by atoms with Crippen LogP contribution in [0.25, 0.3) is 0 Å². The highest BCUT2D eigenvalue weighted by molar-refractivity contribution is 7.80. The number of amides is 1. The summed E-state index contributed by atoms with van der Waals surface area (Å²) < 4.78 is 48.0. The fourth-order valence-electron chi connectivity index (χ4n) is 10.6. The van der Waals surface area contributed by atoms with Gasteiger partial charge in [0.25, 0.3) is 0 Å². The van der Waals surface area contributed by atoms with Crippen LogP contribution in [0.15, 0.2) is 36.5 Å². The number of allylic oxidation sites excluding steroid dienone is 5. The highest BCUT2D eigenvalue weighted by Gasteiger charge is 2.48. The van der Waals surface area contributed by atoms with Crippen molar-refractivity contribution in [3.05, 3.63) is 36.5 Å². The van der Waals surface area contributed by atoms with Crippen LogP contribution in [0.3, 0.4) is 0 Å². The van der Waals surface area contributed by atoms with E-state index in [4.69, 9.17) is 9.47 Å². The summed E-state index contributed by atoms with van der Waals surface area (Å²) in [5.41, 5.74) is 0. The van der Waals surface area contributed by atoms with E-state index in [0.717, 1.165) is 44.9 Å². The van der Waals surface area contributed by atoms with Crippen LogP contribution in [0.4, 0.5) is 0 Å². The number of carbonyl (C=O) groups excluding carboxylic acids is 1. The molecule has 0 aromatic heterocycles. The molecule has 1 amide bonds. The van der Waals surface area contributed by atoms with E-state index in [1.165, 1.54) is 244 Å². The second kappa shape index (κ2) is 54.6. The molecule has 0 radical (unpaired) electrons. The van der Waals surface area contributed by atoms with E-state index in [0.29, 0.717) is 6.42 Å². The first-order valence-corrected chi connectivity index (χ1v) is 34.2. The predicted octanol–water partition coefficient (Wildman–Crippen LogP) is 16.5. The van der Waals surface area contributed by atoms with Gasteiger partial charge in [0.2, 0.25) is 5.91 Å². The Labute approximate surface area is 479 Å². The number of aliphatic hydroxyl groups is 4. The molecule has 1 aliphatic heterocycles. The average Bonchev–Trinajstić information content (AvgIpc) is 3.45. The monoisotopic (exact) mass is 1130 g/mol. The Morgan fingerprint density at radius 3 is 1.22 bits per heavy atom. The molecule has 0 aromatic rings. The summed E-state index contributed by atoms with van der Waals surface area (Å²) in [4.78, 5) is 13.2. The molecule has 6 N–H and O–H groups in total. The molecule has 1 aliphatic rings. The van der Waals surface area contributed by atoms with Crippen molar-refractivity contribution in [1.29, 1.82) is 0 Å². The molecule has 0 aliphatic carbocycles. The summed E-state index contributed by atoms with van der Waals surface area (Å²) >= 11 is 0. The van der Waals surface area contributed by atoms with Gasteiger partial charge in [0.15, 0.2) is 6.29 Å². The quantitative estimate of drug-likeness (QED) is 0.0193. The van der Waals surface area contributed by atoms with Gasteiger partial charge in [-0.05, 0) is 51.4 Å². The fourth-order valence-corrected chi connectivity index (χ4v) is 11.1.